The van der Waals surface area contributed by atoms with Crippen molar-refractivity contribution in [3.8, 4) is 0 Å². The lowest BCUT2D eigenvalue weighted by molar-refractivity contribution is -0.893. The maximum Gasteiger partial charge on any atom is 0.369 e. The van der Waals surface area contributed by atoms with E-state index in [-0.39, 0.29) is 12.0 Å². The molecule has 1 aromatic carbocycles. The number of ether oxygens (including phenoxy) is 1. The molecule has 0 amide bonds. The Balaban J connectivity index is 2.83. The summed E-state index contributed by atoms with van der Waals surface area (Å²) in [5, 5.41) is 0. The van der Waals surface area contributed by atoms with Crippen LogP contribution in [0.4, 0.5) is 0 Å². The predicted octanol–water partition coefficient (Wildman–Crippen LogP) is 3.48. The van der Waals surface area contributed by atoms with Gasteiger partial charge in [0.25, 0.3) is 0 Å². The molecular weight excluding hydrogens is 250 g/mol. The fourth-order valence-electron chi connectivity index (χ4n) is 2.34. The van der Waals surface area contributed by atoms with Crippen LogP contribution in [-0.2, 0) is 9.53 Å². The second kappa shape index (κ2) is 7.44. The number of hydrogen-bond donors (Lipinski definition) is 0. The summed E-state index contributed by atoms with van der Waals surface area (Å²) in [5.41, 5.74) is 2.19. The topological polar surface area (TPSA) is 26.3 Å². The van der Waals surface area contributed by atoms with Crippen molar-refractivity contribution in [3.63, 3.8) is 0 Å². The van der Waals surface area contributed by atoms with E-state index in [2.05, 4.69) is 13.0 Å². The number of esters is 1. The fourth-order valence-corrected chi connectivity index (χ4v) is 2.34. The smallest absolute Gasteiger partial charge is 0.369 e. The van der Waals surface area contributed by atoms with Gasteiger partial charge in [-0.1, -0.05) is 43.5 Å². The first-order chi connectivity index (χ1) is 9.36. The predicted molar refractivity (Wildman–Crippen MR) is 82.4 cm³/mol. The molecule has 0 radical (unpaired) electrons. The van der Waals surface area contributed by atoms with Gasteiger partial charge in [-0.05, 0) is 19.4 Å². The van der Waals surface area contributed by atoms with Crippen LogP contribution in [0.15, 0.2) is 24.3 Å². The second-order valence-electron chi connectivity index (χ2n) is 6.31. The summed E-state index contributed by atoms with van der Waals surface area (Å²) in [6.07, 6.45) is 3.18. The summed E-state index contributed by atoms with van der Waals surface area (Å²) in [6, 6.07) is 7.85. The van der Waals surface area contributed by atoms with Crippen LogP contribution >= 0.6 is 0 Å². The van der Waals surface area contributed by atoms with Crippen molar-refractivity contribution in [1.29, 1.82) is 0 Å². The zero-order valence-electron chi connectivity index (χ0n) is 13.5. The lowest BCUT2D eigenvalue weighted by atomic mass is 10.0. The van der Waals surface area contributed by atoms with E-state index in [1.807, 2.05) is 46.3 Å². The molecule has 0 bridgehead atoms. The normalized spacial score (nSPS) is 13.1. The Bertz CT molecular complexity index is 435. The molecule has 112 valence electrons. The summed E-state index contributed by atoms with van der Waals surface area (Å²) < 4.78 is 6.01. The molecule has 0 saturated carbocycles. The Morgan fingerprint density at radius 3 is 2.50 bits per heavy atom. The molecule has 1 rings (SSSR count). The maximum atomic E-state index is 12.4. The maximum absolute atomic E-state index is 12.4. The van der Waals surface area contributed by atoms with E-state index in [1.165, 1.54) is 5.56 Å². The minimum atomic E-state index is -0.267. The molecule has 0 aliphatic rings. The molecule has 1 unspecified atom stereocenters. The number of quaternary nitrogens is 1. The van der Waals surface area contributed by atoms with Crippen LogP contribution in [0.5, 0.6) is 0 Å². The number of aryl methyl sites for hydroxylation is 1. The van der Waals surface area contributed by atoms with Crippen molar-refractivity contribution >= 4 is 5.97 Å². The Morgan fingerprint density at radius 1 is 1.25 bits per heavy atom. The van der Waals surface area contributed by atoms with Crippen molar-refractivity contribution in [2.75, 3.05) is 27.7 Å². The van der Waals surface area contributed by atoms with Crippen LogP contribution in [0, 0.1) is 6.92 Å². The van der Waals surface area contributed by atoms with Crippen molar-refractivity contribution < 1.29 is 14.0 Å². The molecule has 0 aromatic heterocycles. The summed E-state index contributed by atoms with van der Waals surface area (Å²) in [6.45, 7) is 4.71. The van der Waals surface area contributed by atoms with E-state index in [1.54, 1.807) is 0 Å². The summed E-state index contributed by atoms with van der Waals surface area (Å²) >= 11 is 0. The van der Waals surface area contributed by atoms with E-state index in [0.717, 1.165) is 24.8 Å². The Kier molecular flexibility index (Phi) is 6.21. The SMILES string of the molecule is CCCCCOC(=O)C(c1cccc(C)c1)[N+](C)(C)C. The molecule has 0 N–H and O–H groups in total. The molecule has 3 heteroatoms. The minimum absolute atomic E-state index is 0.126. The van der Waals surface area contributed by atoms with E-state index in [4.69, 9.17) is 4.74 Å². The minimum Gasteiger partial charge on any atom is -0.461 e. The molecule has 0 fully saturated rings. The fraction of sp³-hybridized carbons (Fsp3) is 0.588. The average molecular weight is 278 g/mol. The number of benzene rings is 1. The quantitative estimate of drug-likeness (QED) is 0.433. The van der Waals surface area contributed by atoms with Gasteiger partial charge in [0.2, 0.25) is 6.04 Å². The van der Waals surface area contributed by atoms with Crippen molar-refractivity contribution in [2.45, 2.75) is 39.2 Å². The van der Waals surface area contributed by atoms with E-state index < -0.39 is 0 Å². The molecule has 0 aliphatic heterocycles. The number of carbonyl (C=O) groups excluding carboxylic acids is 1. The zero-order chi connectivity index (χ0) is 15.2. The number of hydrogen-bond acceptors (Lipinski definition) is 2. The van der Waals surface area contributed by atoms with Crippen molar-refractivity contribution in [3.05, 3.63) is 35.4 Å². The third-order valence-corrected chi connectivity index (χ3v) is 3.35. The first-order valence-electron chi connectivity index (χ1n) is 7.40. The molecule has 0 spiro atoms. The number of likely N-dealkylation sites (N-methyl/N-ethyl adjacent to an activating group) is 1. The highest BCUT2D eigenvalue weighted by molar-refractivity contribution is 5.76. The van der Waals surface area contributed by atoms with Gasteiger partial charge in [-0.2, -0.15) is 0 Å². The van der Waals surface area contributed by atoms with Gasteiger partial charge in [-0.25, -0.2) is 4.79 Å². The van der Waals surface area contributed by atoms with Gasteiger partial charge in [-0.3, -0.25) is 0 Å². The van der Waals surface area contributed by atoms with Gasteiger partial charge < -0.3 is 9.22 Å². The molecule has 0 aliphatic carbocycles. The highest BCUT2D eigenvalue weighted by Crippen LogP contribution is 2.25. The first kappa shape index (κ1) is 16.7. The van der Waals surface area contributed by atoms with Gasteiger partial charge in [0.05, 0.1) is 27.7 Å². The van der Waals surface area contributed by atoms with Crippen LogP contribution in [0.2, 0.25) is 0 Å². The van der Waals surface area contributed by atoms with Gasteiger partial charge in [0, 0.05) is 5.56 Å². The van der Waals surface area contributed by atoms with E-state index in [9.17, 15) is 4.79 Å². The van der Waals surface area contributed by atoms with Gasteiger partial charge >= 0.3 is 5.97 Å². The highest BCUT2D eigenvalue weighted by Gasteiger charge is 2.34. The Hall–Kier alpha value is -1.35. The number of rotatable bonds is 7. The lowest BCUT2D eigenvalue weighted by Gasteiger charge is -2.32. The van der Waals surface area contributed by atoms with Crippen molar-refractivity contribution in [1.82, 2.24) is 0 Å². The number of unbranched alkanes of at least 4 members (excludes halogenated alkanes) is 2. The third kappa shape index (κ3) is 4.97. The van der Waals surface area contributed by atoms with Crippen LogP contribution in [-0.4, -0.2) is 38.2 Å². The summed E-state index contributed by atoms with van der Waals surface area (Å²) in [4.78, 5) is 12.4. The standard InChI is InChI=1S/C17H28NO2/c1-6-7-8-12-20-17(19)16(18(3,4)5)15-11-9-10-14(2)13-15/h9-11,13,16H,6-8,12H2,1-5H3/q+1. The van der Waals surface area contributed by atoms with E-state index >= 15 is 0 Å². The largest absolute Gasteiger partial charge is 0.461 e. The second-order valence-corrected chi connectivity index (χ2v) is 6.31. The third-order valence-electron chi connectivity index (χ3n) is 3.35. The summed E-state index contributed by atoms with van der Waals surface area (Å²) in [5.74, 6) is -0.126. The van der Waals surface area contributed by atoms with Crippen LogP contribution in [0.1, 0.15) is 43.4 Å². The lowest BCUT2D eigenvalue weighted by Crippen LogP contribution is -2.44. The monoisotopic (exact) mass is 278 g/mol. The van der Waals surface area contributed by atoms with Gasteiger partial charge in [0.1, 0.15) is 0 Å². The zero-order valence-corrected chi connectivity index (χ0v) is 13.5. The van der Waals surface area contributed by atoms with Crippen LogP contribution in [0.25, 0.3) is 0 Å². The van der Waals surface area contributed by atoms with Gasteiger partial charge in [0.15, 0.2) is 0 Å². The molecule has 0 saturated heterocycles. The number of carbonyl (C=O) groups is 1. The summed E-state index contributed by atoms with van der Waals surface area (Å²) in [7, 11) is 6.08. The Labute approximate surface area is 123 Å². The van der Waals surface area contributed by atoms with Crippen LogP contribution in [0.3, 0.4) is 0 Å². The molecule has 0 heterocycles. The highest BCUT2D eigenvalue weighted by atomic mass is 16.5. The molecule has 1 atom stereocenters. The van der Waals surface area contributed by atoms with E-state index in [0.29, 0.717) is 11.1 Å². The molecule has 1 aromatic rings. The Morgan fingerprint density at radius 2 is 1.95 bits per heavy atom. The first-order valence-corrected chi connectivity index (χ1v) is 7.40. The molecule has 3 nitrogen and oxygen atoms in total. The molecular formula is C17H28NO2+. The molecule has 20 heavy (non-hydrogen) atoms. The average Bonchev–Trinajstić information content (AvgIpc) is 2.33. The number of nitrogens with zero attached hydrogens (tertiary/aromatic N) is 1. The van der Waals surface area contributed by atoms with Gasteiger partial charge in [-0.15, -0.1) is 0 Å². The van der Waals surface area contributed by atoms with Crippen LogP contribution < -0.4 is 0 Å². The van der Waals surface area contributed by atoms with Crippen molar-refractivity contribution in [2.24, 2.45) is 0 Å².